The van der Waals surface area contributed by atoms with Gasteiger partial charge in [-0.25, -0.2) is 4.98 Å². The molecular weight excluding hydrogens is 461 g/mol. The molecule has 0 spiro atoms. The summed E-state index contributed by atoms with van der Waals surface area (Å²) < 4.78 is 43.7. The van der Waals surface area contributed by atoms with E-state index in [4.69, 9.17) is 21.2 Å². The van der Waals surface area contributed by atoms with Crippen LogP contribution in [-0.4, -0.2) is 67.3 Å². The van der Waals surface area contributed by atoms with Crippen LogP contribution in [0.5, 0.6) is 5.75 Å². The first-order valence-electron chi connectivity index (χ1n) is 10.5. The second-order valence-electron chi connectivity index (χ2n) is 8.00. The monoisotopic (exact) mass is 484 g/mol. The number of hydrogen-bond donors (Lipinski definition) is 0. The lowest BCUT2D eigenvalue weighted by molar-refractivity contribution is -0.171. The number of hydrogen-bond acceptors (Lipinski definition) is 6. The fraction of sp³-hybridized carbons (Fsp3) is 0.455. The van der Waals surface area contributed by atoms with Gasteiger partial charge in [0.15, 0.2) is 6.10 Å². The number of rotatable bonds is 4. The largest absolute Gasteiger partial charge is 0.497 e. The summed E-state index contributed by atoms with van der Waals surface area (Å²) in [6.07, 6.45) is -3.80. The van der Waals surface area contributed by atoms with E-state index in [0.29, 0.717) is 32.6 Å². The van der Waals surface area contributed by atoms with Crippen LogP contribution >= 0.6 is 11.6 Å². The Morgan fingerprint density at radius 3 is 2.42 bits per heavy atom. The Balaban J connectivity index is 1.36. The van der Waals surface area contributed by atoms with Gasteiger partial charge in [-0.05, 0) is 23.8 Å². The molecule has 2 unspecified atom stereocenters. The maximum Gasteiger partial charge on any atom is 0.417 e. The van der Waals surface area contributed by atoms with Gasteiger partial charge in [-0.2, -0.15) is 18.2 Å². The van der Waals surface area contributed by atoms with Gasteiger partial charge in [0.05, 0.1) is 23.7 Å². The molecule has 2 atom stereocenters. The van der Waals surface area contributed by atoms with Crippen molar-refractivity contribution in [3.05, 3.63) is 52.7 Å². The number of piperazine rings is 1. The summed E-state index contributed by atoms with van der Waals surface area (Å²) in [5, 5.41) is 1.64. The molecule has 0 N–H and O–H groups in total. The minimum atomic E-state index is -4.50. The first kappa shape index (κ1) is 23.6. The van der Waals surface area contributed by atoms with E-state index in [-0.39, 0.29) is 22.8 Å². The van der Waals surface area contributed by atoms with Crippen LogP contribution in [-0.2, 0) is 15.8 Å². The Morgan fingerprint density at radius 2 is 1.85 bits per heavy atom. The van der Waals surface area contributed by atoms with E-state index in [1.807, 2.05) is 24.3 Å². The molecule has 11 heteroatoms. The summed E-state index contributed by atoms with van der Waals surface area (Å²) in [5.41, 5.74) is 0.139. The molecule has 4 rings (SSSR count). The number of amides is 1. The second kappa shape index (κ2) is 9.36. The van der Waals surface area contributed by atoms with Crippen LogP contribution in [0.2, 0.25) is 5.02 Å². The third-order valence-electron chi connectivity index (χ3n) is 5.99. The van der Waals surface area contributed by atoms with E-state index in [1.54, 1.807) is 29.0 Å². The van der Waals surface area contributed by atoms with E-state index in [9.17, 15) is 18.0 Å². The number of nitrogens with zero attached hydrogens (tertiary/aromatic N) is 4. The highest BCUT2D eigenvalue weighted by Gasteiger charge is 2.39. The molecule has 0 aliphatic carbocycles. The predicted octanol–water partition coefficient (Wildman–Crippen LogP) is 3.79. The normalized spacial score (nSPS) is 22.0. The fourth-order valence-corrected chi connectivity index (χ4v) is 4.43. The summed E-state index contributed by atoms with van der Waals surface area (Å²) >= 11 is 6.06. The van der Waals surface area contributed by atoms with Gasteiger partial charge >= 0.3 is 6.18 Å². The molecule has 0 radical (unpaired) electrons. The molecule has 1 aromatic heterocycles. The first-order valence-corrected chi connectivity index (χ1v) is 10.8. The summed E-state index contributed by atoms with van der Waals surface area (Å²) in [5.74, 6) is 0.936. The molecule has 3 heterocycles. The predicted molar refractivity (Wildman–Crippen MR) is 116 cm³/mol. The molecule has 1 aromatic carbocycles. The van der Waals surface area contributed by atoms with Crippen LogP contribution in [0.4, 0.5) is 19.0 Å². The molecule has 2 saturated heterocycles. The van der Waals surface area contributed by atoms with Gasteiger partial charge in [0.1, 0.15) is 11.6 Å². The van der Waals surface area contributed by atoms with Crippen molar-refractivity contribution in [2.75, 3.05) is 45.2 Å². The number of aromatic nitrogens is 1. The number of carbonyl (C=O) groups is 1. The Kier molecular flexibility index (Phi) is 6.69. The summed E-state index contributed by atoms with van der Waals surface area (Å²) in [7, 11) is 3.41. The SMILES string of the molecule is COc1ccc(C2CC(C(=O)N3CCN(c4ncc(C(F)(F)F)cc4Cl)CC3)ON2C)cc1. The standard InChI is InChI=1S/C22H24ClF3N4O3/c1-28-18(14-3-5-16(32-2)6-4-14)12-19(33-28)21(31)30-9-7-29(8-10-30)20-17(23)11-15(13-27-20)22(24,25)26/h3-6,11,13,18-19H,7-10,12H2,1-2H3. The minimum absolute atomic E-state index is 0.0544. The summed E-state index contributed by atoms with van der Waals surface area (Å²) in [6.45, 7) is 1.62. The molecule has 33 heavy (non-hydrogen) atoms. The van der Waals surface area contributed by atoms with E-state index >= 15 is 0 Å². The average Bonchev–Trinajstić information content (AvgIpc) is 3.19. The van der Waals surface area contributed by atoms with Crippen molar-refractivity contribution in [3.8, 4) is 5.75 Å². The Hall–Kier alpha value is -2.56. The van der Waals surface area contributed by atoms with Gasteiger partial charge in [0.25, 0.3) is 5.91 Å². The molecule has 2 fully saturated rings. The van der Waals surface area contributed by atoms with Crippen molar-refractivity contribution >= 4 is 23.3 Å². The number of benzene rings is 1. The maximum absolute atomic E-state index is 13.1. The van der Waals surface area contributed by atoms with Crippen LogP contribution in [0.3, 0.4) is 0 Å². The average molecular weight is 485 g/mol. The first-order chi connectivity index (χ1) is 15.7. The molecule has 2 aliphatic rings. The maximum atomic E-state index is 13.1. The lowest BCUT2D eigenvalue weighted by Gasteiger charge is -2.36. The van der Waals surface area contributed by atoms with Crippen molar-refractivity contribution in [2.45, 2.75) is 24.7 Å². The smallest absolute Gasteiger partial charge is 0.417 e. The molecule has 178 valence electrons. The summed E-state index contributed by atoms with van der Waals surface area (Å²) in [4.78, 5) is 26.3. The quantitative estimate of drug-likeness (QED) is 0.658. The number of pyridine rings is 1. The highest BCUT2D eigenvalue weighted by molar-refractivity contribution is 6.33. The third-order valence-corrected chi connectivity index (χ3v) is 6.26. The number of ether oxygens (including phenoxy) is 1. The van der Waals surface area contributed by atoms with Crippen LogP contribution in [0, 0.1) is 0 Å². The number of alkyl halides is 3. The summed E-state index contributed by atoms with van der Waals surface area (Å²) in [6, 6.07) is 8.48. The van der Waals surface area contributed by atoms with Crippen LogP contribution in [0.15, 0.2) is 36.5 Å². The molecule has 2 aliphatic heterocycles. The second-order valence-corrected chi connectivity index (χ2v) is 8.41. The Labute approximate surface area is 194 Å². The van der Waals surface area contributed by atoms with Crippen LogP contribution in [0.1, 0.15) is 23.6 Å². The van der Waals surface area contributed by atoms with E-state index < -0.39 is 17.8 Å². The van der Waals surface area contributed by atoms with E-state index in [1.165, 1.54) is 0 Å². The van der Waals surface area contributed by atoms with E-state index in [2.05, 4.69) is 4.98 Å². The van der Waals surface area contributed by atoms with Gasteiger partial charge in [-0.15, -0.1) is 0 Å². The van der Waals surface area contributed by atoms with Gasteiger partial charge in [-0.3, -0.25) is 9.63 Å². The number of methoxy groups -OCH3 is 1. The van der Waals surface area contributed by atoms with Crippen LogP contribution in [0.25, 0.3) is 0 Å². The number of hydroxylamine groups is 2. The van der Waals surface area contributed by atoms with Gasteiger partial charge in [0, 0.05) is 45.8 Å². The molecule has 7 nitrogen and oxygen atoms in total. The Morgan fingerprint density at radius 1 is 1.18 bits per heavy atom. The van der Waals surface area contributed by atoms with Gasteiger partial charge in [0.2, 0.25) is 0 Å². The number of halogens is 4. The lowest BCUT2D eigenvalue weighted by Crippen LogP contribution is -2.51. The molecule has 0 bridgehead atoms. The van der Waals surface area contributed by atoms with E-state index in [0.717, 1.165) is 23.6 Å². The van der Waals surface area contributed by atoms with Crippen LogP contribution < -0.4 is 9.64 Å². The van der Waals surface area contributed by atoms with Crippen molar-refractivity contribution in [1.82, 2.24) is 14.9 Å². The fourth-order valence-electron chi connectivity index (χ4n) is 4.15. The molecular formula is C22H24ClF3N4O3. The van der Waals surface area contributed by atoms with Crippen molar-refractivity contribution in [3.63, 3.8) is 0 Å². The Bertz CT molecular complexity index is 997. The number of anilines is 1. The third kappa shape index (κ3) is 5.02. The highest BCUT2D eigenvalue weighted by atomic mass is 35.5. The molecule has 1 amide bonds. The molecule has 2 aromatic rings. The zero-order valence-electron chi connectivity index (χ0n) is 18.2. The van der Waals surface area contributed by atoms with Crippen molar-refractivity contribution < 1.29 is 27.5 Å². The van der Waals surface area contributed by atoms with Gasteiger partial charge in [-0.1, -0.05) is 23.7 Å². The lowest BCUT2D eigenvalue weighted by atomic mass is 10.0. The topological polar surface area (TPSA) is 58.1 Å². The number of carbonyl (C=O) groups excluding carboxylic acids is 1. The van der Waals surface area contributed by atoms with Gasteiger partial charge < -0.3 is 14.5 Å². The van der Waals surface area contributed by atoms with Crippen molar-refractivity contribution in [1.29, 1.82) is 0 Å². The highest BCUT2D eigenvalue weighted by Crippen LogP contribution is 2.35. The molecule has 0 saturated carbocycles. The zero-order chi connectivity index (χ0) is 23.8. The minimum Gasteiger partial charge on any atom is -0.497 e. The zero-order valence-corrected chi connectivity index (χ0v) is 18.9. The van der Waals surface area contributed by atoms with Crippen molar-refractivity contribution in [2.24, 2.45) is 0 Å².